The standard InChI is InChI=1S/C14H22N2/c1-10(2)11-4-5-14-12(6-11)8-16(3)9-13(14)7-15/h4-6,10,13H,7-9,15H2,1-3H3. The lowest BCUT2D eigenvalue weighted by Crippen LogP contribution is -2.34. The van der Waals surface area contributed by atoms with Crippen LogP contribution in [0.25, 0.3) is 0 Å². The summed E-state index contributed by atoms with van der Waals surface area (Å²) in [6, 6.07) is 6.91. The first-order valence-electron chi connectivity index (χ1n) is 6.13. The molecule has 88 valence electrons. The van der Waals surface area contributed by atoms with Gasteiger partial charge in [-0.25, -0.2) is 0 Å². The summed E-state index contributed by atoms with van der Waals surface area (Å²) in [5.74, 6) is 1.11. The lowest BCUT2D eigenvalue weighted by atomic mass is 9.87. The normalized spacial score (nSPS) is 21.2. The van der Waals surface area contributed by atoms with E-state index in [-0.39, 0.29) is 0 Å². The highest BCUT2D eigenvalue weighted by atomic mass is 15.1. The van der Waals surface area contributed by atoms with Gasteiger partial charge >= 0.3 is 0 Å². The summed E-state index contributed by atoms with van der Waals surface area (Å²) in [7, 11) is 2.17. The van der Waals surface area contributed by atoms with Crippen molar-refractivity contribution in [2.24, 2.45) is 5.73 Å². The first-order chi connectivity index (χ1) is 7.61. The summed E-state index contributed by atoms with van der Waals surface area (Å²) >= 11 is 0. The van der Waals surface area contributed by atoms with Gasteiger partial charge < -0.3 is 10.6 Å². The van der Waals surface area contributed by atoms with Crippen molar-refractivity contribution in [2.75, 3.05) is 20.1 Å². The van der Waals surface area contributed by atoms with Crippen molar-refractivity contribution in [3.8, 4) is 0 Å². The summed E-state index contributed by atoms with van der Waals surface area (Å²) in [4.78, 5) is 2.37. The second kappa shape index (κ2) is 4.56. The molecule has 0 bridgehead atoms. The Hall–Kier alpha value is -0.860. The fraction of sp³-hybridized carbons (Fsp3) is 0.571. The summed E-state index contributed by atoms with van der Waals surface area (Å²) in [6.45, 7) is 7.39. The van der Waals surface area contributed by atoms with Crippen LogP contribution in [-0.2, 0) is 6.54 Å². The fourth-order valence-electron chi connectivity index (χ4n) is 2.55. The molecule has 0 aliphatic carbocycles. The molecule has 0 aromatic heterocycles. The maximum atomic E-state index is 5.85. The van der Waals surface area contributed by atoms with Crippen molar-refractivity contribution in [1.29, 1.82) is 0 Å². The topological polar surface area (TPSA) is 29.3 Å². The number of benzene rings is 1. The predicted octanol–water partition coefficient (Wildman–Crippen LogP) is 2.30. The van der Waals surface area contributed by atoms with Crippen LogP contribution in [0.2, 0.25) is 0 Å². The molecule has 16 heavy (non-hydrogen) atoms. The first kappa shape index (κ1) is 11.6. The molecule has 2 rings (SSSR count). The lowest BCUT2D eigenvalue weighted by Gasteiger charge is -2.32. The minimum atomic E-state index is 0.509. The van der Waals surface area contributed by atoms with E-state index in [4.69, 9.17) is 5.73 Å². The van der Waals surface area contributed by atoms with Gasteiger partial charge in [0.25, 0.3) is 0 Å². The molecule has 1 aromatic rings. The van der Waals surface area contributed by atoms with Gasteiger partial charge in [-0.2, -0.15) is 0 Å². The van der Waals surface area contributed by atoms with Gasteiger partial charge in [-0.3, -0.25) is 0 Å². The number of hydrogen-bond donors (Lipinski definition) is 1. The third kappa shape index (κ3) is 2.13. The molecule has 1 heterocycles. The Balaban J connectivity index is 2.38. The number of hydrogen-bond acceptors (Lipinski definition) is 2. The Labute approximate surface area is 98.4 Å². The van der Waals surface area contributed by atoms with Crippen LogP contribution in [0.4, 0.5) is 0 Å². The fourth-order valence-corrected chi connectivity index (χ4v) is 2.55. The highest BCUT2D eigenvalue weighted by molar-refractivity contribution is 5.37. The molecular formula is C14H22N2. The van der Waals surface area contributed by atoms with E-state index in [0.29, 0.717) is 11.8 Å². The largest absolute Gasteiger partial charge is 0.330 e. The summed E-state index contributed by atoms with van der Waals surface area (Å²) in [5, 5.41) is 0. The van der Waals surface area contributed by atoms with E-state index in [1.807, 2.05) is 0 Å². The van der Waals surface area contributed by atoms with Crippen molar-refractivity contribution >= 4 is 0 Å². The van der Waals surface area contributed by atoms with Crippen molar-refractivity contribution in [2.45, 2.75) is 32.2 Å². The third-order valence-electron chi connectivity index (χ3n) is 3.53. The van der Waals surface area contributed by atoms with Gasteiger partial charge in [-0.05, 0) is 29.7 Å². The van der Waals surface area contributed by atoms with Gasteiger partial charge in [0.1, 0.15) is 0 Å². The smallest absolute Gasteiger partial charge is 0.0233 e. The molecule has 0 fully saturated rings. The molecule has 0 saturated heterocycles. The van der Waals surface area contributed by atoms with Crippen LogP contribution in [0.3, 0.4) is 0 Å². The molecule has 2 N–H and O–H groups in total. The van der Waals surface area contributed by atoms with E-state index >= 15 is 0 Å². The molecule has 2 nitrogen and oxygen atoms in total. The van der Waals surface area contributed by atoms with Crippen molar-refractivity contribution < 1.29 is 0 Å². The van der Waals surface area contributed by atoms with E-state index < -0.39 is 0 Å². The Morgan fingerprint density at radius 2 is 2.19 bits per heavy atom. The van der Waals surface area contributed by atoms with Crippen LogP contribution in [0.1, 0.15) is 42.4 Å². The summed E-state index contributed by atoms with van der Waals surface area (Å²) < 4.78 is 0. The van der Waals surface area contributed by atoms with Crippen LogP contribution in [0, 0.1) is 0 Å². The molecule has 1 aliphatic heterocycles. The van der Waals surface area contributed by atoms with E-state index in [1.165, 1.54) is 16.7 Å². The zero-order valence-electron chi connectivity index (χ0n) is 10.5. The Morgan fingerprint density at radius 1 is 1.44 bits per heavy atom. The van der Waals surface area contributed by atoms with Crippen LogP contribution >= 0.6 is 0 Å². The number of fused-ring (bicyclic) bond motifs is 1. The van der Waals surface area contributed by atoms with E-state index in [2.05, 4.69) is 44.0 Å². The lowest BCUT2D eigenvalue weighted by molar-refractivity contribution is 0.283. The molecule has 1 atom stereocenters. The number of nitrogens with zero attached hydrogens (tertiary/aromatic N) is 1. The second-order valence-electron chi connectivity index (χ2n) is 5.24. The van der Waals surface area contributed by atoms with Gasteiger partial charge in [0.2, 0.25) is 0 Å². The van der Waals surface area contributed by atoms with Crippen LogP contribution < -0.4 is 5.73 Å². The minimum Gasteiger partial charge on any atom is -0.330 e. The van der Waals surface area contributed by atoms with Gasteiger partial charge in [-0.15, -0.1) is 0 Å². The molecule has 1 aliphatic rings. The van der Waals surface area contributed by atoms with Crippen LogP contribution in [-0.4, -0.2) is 25.0 Å². The number of rotatable bonds is 2. The van der Waals surface area contributed by atoms with Crippen LogP contribution in [0.5, 0.6) is 0 Å². The maximum absolute atomic E-state index is 5.85. The first-order valence-corrected chi connectivity index (χ1v) is 6.13. The zero-order chi connectivity index (χ0) is 11.7. The Kier molecular flexibility index (Phi) is 3.31. The summed E-state index contributed by atoms with van der Waals surface area (Å²) in [6.07, 6.45) is 0. The Bertz CT molecular complexity index is 371. The third-order valence-corrected chi connectivity index (χ3v) is 3.53. The molecule has 0 amide bonds. The average Bonchev–Trinajstić information content (AvgIpc) is 2.26. The Morgan fingerprint density at radius 3 is 2.81 bits per heavy atom. The maximum Gasteiger partial charge on any atom is 0.0233 e. The quantitative estimate of drug-likeness (QED) is 0.825. The van der Waals surface area contributed by atoms with Crippen molar-refractivity contribution in [3.05, 3.63) is 34.9 Å². The number of nitrogens with two attached hydrogens (primary N) is 1. The van der Waals surface area contributed by atoms with E-state index in [1.54, 1.807) is 0 Å². The highest BCUT2D eigenvalue weighted by Gasteiger charge is 2.22. The van der Waals surface area contributed by atoms with E-state index in [9.17, 15) is 0 Å². The molecular weight excluding hydrogens is 196 g/mol. The zero-order valence-corrected chi connectivity index (χ0v) is 10.5. The molecule has 1 aromatic carbocycles. The van der Waals surface area contributed by atoms with Gasteiger partial charge in [0, 0.05) is 25.6 Å². The average molecular weight is 218 g/mol. The van der Waals surface area contributed by atoms with Gasteiger partial charge in [0.15, 0.2) is 0 Å². The monoisotopic (exact) mass is 218 g/mol. The van der Waals surface area contributed by atoms with Gasteiger partial charge in [0.05, 0.1) is 0 Å². The molecule has 0 saturated carbocycles. The van der Waals surface area contributed by atoms with Crippen LogP contribution in [0.15, 0.2) is 18.2 Å². The minimum absolute atomic E-state index is 0.509. The molecule has 1 unspecified atom stereocenters. The SMILES string of the molecule is CC(C)c1ccc2c(c1)CN(C)CC2CN. The second-order valence-corrected chi connectivity index (χ2v) is 5.24. The predicted molar refractivity (Wildman–Crippen MR) is 68.7 cm³/mol. The molecule has 0 spiro atoms. The molecule has 2 heteroatoms. The summed E-state index contributed by atoms with van der Waals surface area (Å²) in [5.41, 5.74) is 10.2. The van der Waals surface area contributed by atoms with Crippen molar-refractivity contribution in [1.82, 2.24) is 4.90 Å². The molecule has 0 radical (unpaired) electrons. The van der Waals surface area contributed by atoms with E-state index in [0.717, 1.165) is 19.6 Å². The highest BCUT2D eigenvalue weighted by Crippen LogP contribution is 2.29. The number of likely N-dealkylation sites (N-methyl/N-ethyl adjacent to an activating group) is 1. The van der Waals surface area contributed by atoms with Gasteiger partial charge in [-0.1, -0.05) is 32.0 Å². The van der Waals surface area contributed by atoms with Crippen molar-refractivity contribution in [3.63, 3.8) is 0 Å².